The van der Waals surface area contributed by atoms with Gasteiger partial charge in [0.05, 0.1) is 17.5 Å². The first kappa shape index (κ1) is 13.3. The molecule has 6 nitrogen and oxygen atoms in total. The molecule has 3 aliphatic rings. The van der Waals surface area contributed by atoms with Crippen LogP contribution in [0, 0.1) is 5.41 Å². The maximum atomic E-state index is 11.8. The second kappa shape index (κ2) is 4.54. The van der Waals surface area contributed by atoms with Crippen LogP contribution < -0.4 is 9.47 Å². The van der Waals surface area contributed by atoms with Crippen LogP contribution in [0.5, 0.6) is 11.5 Å². The Labute approximate surface area is 126 Å². The summed E-state index contributed by atoms with van der Waals surface area (Å²) in [5.41, 5.74) is 0.995. The van der Waals surface area contributed by atoms with Crippen molar-refractivity contribution < 1.29 is 17.9 Å². The van der Waals surface area contributed by atoms with Crippen molar-refractivity contribution in [1.29, 1.82) is 5.41 Å². The fraction of sp³-hybridized carbons (Fsp3) is 0.462. The molecule has 1 aromatic rings. The summed E-state index contributed by atoms with van der Waals surface area (Å²) in [6.07, 6.45) is 0. The molecular formula is C13H14N2O4S2. The molecule has 21 heavy (non-hydrogen) atoms. The molecule has 2 unspecified atom stereocenters. The Kier molecular flexibility index (Phi) is 2.87. The number of ether oxygens (including phenoxy) is 2. The zero-order chi connectivity index (χ0) is 14.6. The topological polar surface area (TPSA) is 79.7 Å². The fourth-order valence-corrected chi connectivity index (χ4v) is 6.82. The van der Waals surface area contributed by atoms with Crippen molar-refractivity contribution in [3.63, 3.8) is 0 Å². The van der Waals surface area contributed by atoms with Crippen LogP contribution in [0.3, 0.4) is 0 Å². The summed E-state index contributed by atoms with van der Waals surface area (Å²) in [7, 11) is -2.97. The number of nitrogens with one attached hydrogen (secondary N) is 1. The van der Waals surface area contributed by atoms with Gasteiger partial charge in [-0.1, -0.05) is 17.8 Å². The van der Waals surface area contributed by atoms with Crippen LogP contribution >= 0.6 is 11.8 Å². The molecule has 8 heteroatoms. The van der Waals surface area contributed by atoms with E-state index in [9.17, 15) is 8.42 Å². The van der Waals surface area contributed by atoms with E-state index in [1.165, 1.54) is 11.8 Å². The SMILES string of the molecule is N=C1SC2CS(=O)(=O)CC2N1Cc1ccc2c(c1)OCO2. The Morgan fingerprint density at radius 3 is 2.95 bits per heavy atom. The van der Waals surface area contributed by atoms with E-state index in [2.05, 4.69) is 0 Å². The van der Waals surface area contributed by atoms with Crippen LogP contribution in [-0.2, 0) is 16.4 Å². The summed E-state index contributed by atoms with van der Waals surface area (Å²) in [5.74, 6) is 1.77. The van der Waals surface area contributed by atoms with Gasteiger partial charge in [-0.25, -0.2) is 8.42 Å². The Morgan fingerprint density at radius 2 is 2.10 bits per heavy atom. The highest BCUT2D eigenvalue weighted by molar-refractivity contribution is 8.15. The summed E-state index contributed by atoms with van der Waals surface area (Å²) < 4.78 is 34.1. The van der Waals surface area contributed by atoms with Crippen LogP contribution in [0.1, 0.15) is 5.56 Å². The number of sulfone groups is 1. The lowest BCUT2D eigenvalue weighted by Gasteiger charge is -2.23. The van der Waals surface area contributed by atoms with Gasteiger partial charge in [-0.3, -0.25) is 5.41 Å². The summed E-state index contributed by atoms with van der Waals surface area (Å²) in [4.78, 5) is 1.89. The van der Waals surface area contributed by atoms with Gasteiger partial charge in [-0.15, -0.1) is 0 Å². The zero-order valence-corrected chi connectivity index (χ0v) is 12.7. The summed E-state index contributed by atoms with van der Waals surface area (Å²) in [6.45, 7) is 0.760. The maximum Gasteiger partial charge on any atom is 0.231 e. The van der Waals surface area contributed by atoms with E-state index in [-0.39, 0.29) is 29.6 Å². The van der Waals surface area contributed by atoms with Crippen molar-refractivity contribution in [2.45, 2.75) is 17.8 Å². The number of thioether (sulfide) groups is 1. The first-order chi connectivity index (χ1) is 10.0. The molecule has 0 bridgehead atoms. The first-order valence-electron chi connectivity index (χ1n) is 6.63. The molecule has 2 saturated heterocycles. The fourth-order valence-electron chi connectivity index (χ4n) is 2.99. The average molecular weight is 326 g/mol. The van der Waals surface area contributed by atoms with E-state index in [0.717, 1.165) is 11.3 Å². The minimum absolute atomic E-state index is 0.00323. The van der Waals surface area contributed by atoms with E-state index in [1.807, 2.05) is 23.1 Å². The normalized spacial score (nSPS) is 29.0. The Bertz CT molecular complexity index is 719. The first-order valence-corrected chi connectivity index (χ1v) is 9.33. The van der Waals surface area contributed by atoms with E-state index < -0.39 is 9.84 Å². The molecule has 3 heterocycles. The number of rotatable bonds is 2. The van der Waals surface area contributed by atoms with Crippen molar-refractivity contribution in [1.82, 2.24) is 4.90 Å². The Morgan fingerprint density at radius 1 is 1.29 bits per heavy atom. The zero-order valence-electron chi connectivity index (χ0n) is 11.1. The molecule has 0 amide bonds. The standard InChI is InChI=1S/C13H14N2O4S2/c14-13-15(9-5-21(16,17)6-12(9)20-13)4-8-1-2-10-11(3-8)19-7-18-10/h1-3,9,12,14H,4-7H2. The maximum absolute atomic E-state index is 11.8. The predicted octanol–water partition coefficient (Wildman–Crippen LogP) is 1.06. The molecule has 0 saturated carbocycles. The number of fused-ring (bicyclic) bond motifs is 2. The van der Waals surface area contributed by atoms with Crippen molar-refractivity contribution in [3.05, 3.63) is 23.8 Å². The van der Waals surface area contributed by atoms with E-state index in [0.29, 0.717) is 17.5 Å². The van der Waals surface area contributed by atoms with Crippen molar-refractivity contribution in [3.8, 4) is 11.5 Å². The molecule has 0 radical (unpaired) electrons. The van der Waals surface area contributed by atoms with Gasteiger partial charge in [0, 0.05) is 11.8 Å². The van der Waals surface area contributed by atoms with Gasteiger partial charge in [-0.05, 0) is 17.7 Å². The number of benzene rings is 1. The van der Waals surface area contributed by atoms with E-state index in [4.69, 9.17) is 14.9 Å². The third-order valence-corrected chi connectivity index (χ3v) is 7.15. The molecule has 2 atom stereocenters. The molecule has 0 aliphatic carbocycles. The second-order valence-corrected chi connectivity index (χ2v) is 8.80. The predicted molar refractivity (Wildman–Crippen MR) is 79.7 cm³/mol. The quantitative estimate of drug-likeness (QED) is 0.875. The number of nitrogens with zero attached hydrogens (tertiary/aromatic N) is 1. The average Bonchev–Trinajstić information content (AvgIpc) is 3.05. The van der Waals surface area contributed by atoms with Crippen LogP contribution in [-0.4, -0.2) is 48.1 Å². The van der Waals surface area contributed by atoms with E-state index >= 15 is 0 Å². The summed E-state index contributed by atoms with van der Waals surface area (Å²) in [5, 5.41) is 8.53. The van der Waals surface area contributed by atoms with Gasteiger partial charge in [0.15, 0.2) is 26.5 Å². The molecule has 0 aromatic heterocycles. The monoisotopic (exact) mass is 326 g/mol. The lowest BCUT2D eigenvalue weighted by molar-refractivity contribution is 0.174. The molecule has 112 valence electrons. The van der Waals surface area contributed by atoms with Gasteiger partial charge in [0.2, 0.25) is 6.79 Å². The van der Waals surface area contributed by atoms with Gasteiger partial charge >= 0.3 is 0 Å². The Balaban J connectivity index is 1.57. The minimum atomic E-state index is -2.97. The van der Waals surface area contributed by atoms with Crippen LogP contribution in [0.15, 0.2) is 18.2 Å². The van der Waals surface area contributed by atoms with Gasteiger partial charge < -0.3 is 14.4 Å². The highest BCUT2D eigenvalue weighted by Crippen LogP contribution is 2.39. The number of hydrogen-bond donors (Lipinski definition) is 1. The highest BCUT2D eigenvalue weighted by Gasteiger charge is 2.48. The molecule has 0 spiro atoms. The number of amidine groups is 1. The second-order valence-electron chi connectivity index (χ2n) is 5.42. The molecular weight excluding hydrogens is 312 g/mol. The van der Waals surface area contributed by atoms with Crippen molar-refractivity contribution >= 4 is 26.8 Å². The van der Waals surface area contributed by atoms with E-state index in [1.54, 1.807) is 0 Å². The smallest absolute Gasteiger partial charge is 0.231 e. The molecule has 1 N–H and O–H groups in total. The molecule has 4 rings (SSSR count). The molecule has 2 fully saturated rings. The van der Waals surface area contributed by atoms with Crippen molar-refractivity contribution in [2.24, 2.45) is 0 Å². The minimum Gasteiger partial charge on any atom is -0.454 e. The lowest BCUT2D eigenvalue weighted by Crippen LogP contribution is -2.36. The van der Waals surface area contributed by atoms with Gasteiger partial charge in [0.25, 0.3) is 0 Å². The molecule has 1 aromatic carbocycles. The Hall–Kier alpha value is -1.41. The summed E-state index contributed by atoms with van der Waals surface area (Å²) >= 11 is 1.37. The number of hydrogen-bond acceptors (Lipinski definition) is 6. The van der Waals surface area contributed by atoms with Crippen LogP contribution in [0.25, 0.3) is 0 Å². The lowest BCUT2D eigenvalue weighted by atomic mass is 10.1. The van der Waals surface area contributed by atoms with Crippen LogP contribution in [0.2, 0.25) is 0 Å². The van der Waals surface area contributed by atoms with Gasteiger partial charge in [-0.2, -0.15) is 0 Å². The van der Waals surface area contributed by atoms with Crippen LogP contribution in [0.4, 0.5) is 0 Å². The van der Waals surface area contributed by atoms with Gasteiger partial charge in [0.1, 0.15) is 0 Å². The third kappa shape index (κ3) is 2.26. The highest BCUT2D eigenvalue weighted by atomic mass is 32.2. The largest absolute Gasteiger partial charge is 0.454 e. The van der Waals surface area contributed by atoms with Crippen molar-refractivity contribution in [2.75, 3.05) is 18.3 Å². The summed E-state index contributed by atoms with van der Waals surface area (Å²) in [6, 6.07) is 5.60. The third-order valence-electron chi connectivity index (χ3n) is 3.99. The molecule has 3 aliphatic heterocycles.